The summed E-state index contributed by atoms with van der Waals surface area (Å²) >= 11 is 0. The van der Waals surface area contributed by atoms with Crippen LogP contribution in [0, 0.1) is 6.92 Å². The molecule has 1 amide bonds. The molecule has 5 nitrogen and oxygen atoms in total. The predicted molar refractivity (Wildman–Crippen MR) is 108 cm³/mol. The molecule has 0 saturated carbocycles. The quantitative estimate of drug-likeness (QED) is 0.745. The number of carbonyl (C=O) groups excluding carboxylic acids is 1. The molecule has 0 radical (unpaired) electrons. The van der Waals surface area contributed by atoms with Crippen LogP contribution >= 0.6 is 0 Å². The third-order valence-corrected chi connectivity index (χ3v) is 5.45. The molecule has 0 aliphatic carbocycles. The Balaban J connectivity index is 1.70. The first-order valence-electron chi connectivity index (χ1n) is 9.48. The highest BCUT2D eigenvalue weighted by atomic mass is 16.3. The third kappa shape index (κ3) is 3.43. The second kappa shape index (κ2) is 7.45. The van der Waals surface area contributed by atoms with Gasteiger partial charge in [-0.2, -0.15) is 0 Å². The number of aromatic nitrogens is 1. The molecule has 3 aromatic rings. The summed E-state index contributed by atoms with van der Waals surface area (Å²) in [6.07, 6.45) is 3.72. The van der Waals surface area contributed by atoms with E-state index in [2.05, 4.69) is 65.3 Å². The zero-order chi connectivity index (χ0) is 18.8. The number of piperidine rings is 1. The van der Waals surface area contributed by atoms with Crippen LogP contribution in [0.4, 0.5) is 11.4 Å². The molecule has 0 bridgehead atoms. The van der Waals surface area contributed by atoms with Crippen LogP contribution < -0.4 is 4.90 Å². The van der Waals surface area contributed by atoms with E-state index in [9.17, 15) is 4.79 Å². The molecule has 1 aliphatic rings. The van der Waals surface area contributed by atoms with Crippen molar-refractivity contribution >= 4 is 28.2 Å². The average Bonchev–Trinajstić information content (AvgIpc) is 3.19. The number of aliphatic hydroxyl groups excluding tert-OH is 1. The van der Waals surface area contributed by atoms with Crippen LogP contribution in [0.2, 0.25) is 0 Å². The first kappa shape index (κ1) is 17.6. The predicted octanol–water partition coefficient (Wildman–Crippen LogP) is 3.60. The molecule has 2 N–H and O–H groups in total. The smallest absolute Gasteiger partial charge is 0.248 e. The van der Waals surface area contributed by atoms with Crippen LogP contribution in [-0.2, 0) is 4.79 Å². The van der Waals surface area contributed by atoms with Gasteiger partial charge in [0.1, 0.15) is 6.61 Å². The zero-order valence-corrected chi connectivity index (χ0v) is 15.6. The van der Waals surface area contributed by atoms with Crippen molar-refractivity contribution in [2.75, 3.05) is 24.6 Å². The number of aryl methyl sites for hydroxylation is 1. The molecule has 1 saturated heterocycles. The number of H-pyrrole nitrogens is 1. The Morgan fingerprint density at radius 2 is 1.89 bits per heavy atom. The summed E-state index contributed by atoms with van der Waals surface area (Å²) in [5, 5.41) is 10.3. The summed E-state index contributed by atoms with van der Waals surface area (Å²) in [7, 11) is 0. The van der Waals surface area contributed by atoms with Gasteiger partial charge in [0, 0.05) is 36.4 Å². The SMILES string of the molecule is Cc1ccc(N(c2cccc3cc[nH]c23)C2CCN(C(=O)CO)CC2)cc1. The van der Waals surface area contributed by atoms with Gasteiger partial charge < -0.3 is 19.9 Å². The molecule has 1 aliphatic heterocycles. The highest BCUT2D eigenvalue weighted by Gasteiger charge is 2.28. The second-order valence-corrected chi connectivity index (χ2v) is 7.19. The first-order chi connectivity index (χ1) is 13.2. The van der Waals surface area contributed by atoms with E-state index >= 15 is 0 Å². The minimum Gasteiger partial charge on any atom is -0.387 e. The number of rotatable bonds is 4. The Bertz CT molecular complexity index is 924. The number of fused-ring (bicyclic) bond motifs is 1. The van der Waals surface area contributed by atoms with E-state index < -0.39 is 6.61 Å². The lowest BCUT2D eigenvalue weighted by molar-refractivity contribution is -0.135. The summed E-state index contributed by atoms with van der Waals surface area (Å²) in [5.41, 5.74) is 4.69. The van der Waals surface area contributed by atoms with Crippen LogP contribution in [0.15, 0.2) is 54.7 Å². The van der Waals surface area contributed by atoms with Crippen molar-refractivity contribution in [3.05, 3.63) is 60.3 Å². The van der Waals surface area contributed by atoms with E-state index in [1.165, 1.54) is 10.9 Å². The van der Waals surface area contributed by atoms with E-state index in [1.54, 1.807) is 4.90 Å². The van der Waals surface area contributed by atoms with E-state index in [4.69, 9.17) is 5.11 Å². The number of benzene rings is 2. The lowest BCUT2D eigenvalue weighted by Crippen LogP contribution is -2.46. The van der Waals surface area contributed by atoms with Crippen LogP contribution in [0.5, 0.6) is 0 Å². The molecule has 1 aromatic heterocycles. The van der Waals surface area contributed by atoms with E-state index in [0.717, 1.165) is 29.7 Å². The molecule has 0 unspecified atom stereocenters. The number of aliphatic hydroxyl groups is 1. The van der Waals surface area contributed by atoms with Crippen molar-refractivity contribution in [3.8, 4) is 0 Å². The number of hydrogen-bond donors (Lipinski definition) is 2. The Kier molecular flexibility index (Phi) is 4.86. The lowest BCUT2D eigenvalue weighted by Gasteiger charge is -2.40. The van der Waals surface area contributed by atoms with Gasteiger partial charge in [-0.1, -0.05) is 29.8 Å². The monoisotopic (exact) mass is 363 g/mol. The van der Waals surface area contributed by atoms with Crippen LogP contribution in [0.25, 0.3) is 10.9 Å². The van der Waals surface area contributed by atoms with Crippen molar-refractivity contribution in [2.24, 2.45) is 0 Å². The first-order valence-corrected chi connectivity index (χ1v) is 9.48. The summed E-state index contributed by atoms with van der Waals surface area (Å²) in [4.78, 5) is 19.4. The fourth-order valence-electron chi connectivity index (χ4n) is 3.99. The lowest BCUT2D eigenvalue weighted by atomic mass is 10.00. The number of carbonyl (C=O) groups is 1. The molecule has 2 aromatic carbocycles. The molecule has 27 heavy (non-hydrogen) atoms. The van der Waals surface area contributed by atoms with Gasteiger partial charge >= 0.3 is 0 Å². The Morgan fingerprint density at radius 3 is 2.59 bits per heavy atom. The summed E-state index contributed by atoms with van der Waals surface area (Å²) < 4.78 is 0. The highest BCUT2D eigenvalue weighted by molar-refractivity contribution is 5.93. The van der Waals surface area contributed by atoms with Crippen LogP contribution in [-0.4, -0.2) is 46.6 Å². The fourth-order valence-corrected chi connectivity index (χ4v) is 3.99. The zero-order valence-electron chi connectivity index (χ0n) is 15.6. The molecule has 4 rings (SSSR count). The van der Waals surface area contributed by atoms with Gasteiger partial charge in [-0.3, -0.25) is 4.79 Å². The Hall–Kier alpha value is -2.79. The molecule has 2 heterocycles. The number of aromatic amines is 1. The number of nitrogens with one attached hydrogen (secondary N) is 1. The average molecular weight is 363 g/mol. The maximum Gasteiger partial charge on any atom is 0.248 e. The topological polar surface area (TPSA) is 59.6 Å². The molecule has 5 heteroatoms. The molecule has 140 valence electrons. The summed E-state index contributed by atoms with van der Waals surface area (Å²) in [6, 6.07) is 17.4. The standard InChI is InChI=1S/C22H25N3O2/c1-16-5-7-18(8-6-16)25(19-10-13-24(14-11-19)21(27)15-26)20-4-2-3-17-9-12-23-22(17)20/h2-9,12,19,23,26H,10-11,13-15H2,1H3. The summed E-state index contributed by atoms with van der Waals surface area (Å²) in [6.45, 7) is 3.03. The molecular formula is C22H25N3O2. The highest BCUT2D eigenvalue weighted by Crippen LogP contribution is 2.36. The maximum atomic E-state index is 11.8. The second-order valence-electron chi connectivity index (χ2n) is 7.19. The third-order valence-electron chi connectivity index (χ3n) is 5.45. The number of amides is 1. The van der Waals surface area contributed by atoms with Gasteiger partial charge in [-0.05, 0) is 44.0 Å². The van der Waals surface area contributed by atoms with Crippen molar-refractivity contribution in [1.29, 1.82) is 0 Å². The van der Waals surface area contributed by atoms with Gasteiger partial charge in [-0.15, -0.1) is 0 Å². The van der Waals surface area contributed by atoms with Gasteiger partial charge in [0.05, 0.1) is 11.2 Å². The molecule has 0 spiro atoms. The van der Waals surface area contributed by atoms with E-state index in [1.807, 2.05) is 6.20 Å². The number of hydrogen-bond acceptors (Lipinski definition) is 3. The van der Waals surface area contributed by atoms with E-state index in [0.29, 0.717) is 19.1 Å². The maximum absolute atomic E-state index is 11.8. The van der Waals surface area contributed by atoms with Crippen LogP contribution in [0.1, 0.15) is 18.4 Å². The van der Waals surface area contributed by atoms with Gasteiger partial charge in [0.15, 0.2) is 0 Å². The molecule has 0 atom stereocenters. The normalized spacial score (nSPS) is 15.3. The Labute approximate surface area is 159 Å². The van der Waals surface area contributed by atoms with Crippen molar-refractivity contribution in [3.63, 3.8) is 0 Å². The fraction of sp³-hybridized carbons (Fsp3) is 0.318. The molecular weight excluding hydrogens is 338 g/mol. The van der Waals surface area contributed by atoms with Crippen molar-refractivity contribution < 1.29 is 9.90 Å². The van der Waals surface area contributed by atoms with Crippen molar-refractivity contribution in [2.45, 2.75) is 25.8 Å². The van der Waals surface area contributed by atoms with Gasteiger partial charge in [-0.25, -0.2) is 0 Å². The summed E-state index contributed by atoms with van der Waals surface area (Å²) in [5.74, 6) is -0.179. The largest absolute Gasteiger partial charge is 0.387 e. The Morgan fingerprint density at radius 1 is 1.15 bits per heavy atom. The minimum absolute atomic E-state index is 0.179. The van der Waals surface area contributed by atoms with Gasteiger partial charge in [0.2, 0.25) is 5.91 Å². The number of para-hydroxylation sites is 1. The van der Waals surface area contributed by atoms with Gasteiger partial charge in [0.25, 0.3) is 0 Å². The number of anilines is 2. The van der Waals surface area contributed by atoms with E-state index in [-0.39, 0.29) is 5.91 Å². The van der Waals surface area contributed by atoms with Crippen LogP contribution in [0.3, 0.4) is 0 Å². The molecule has 1 fully saturated rings. The minimum atomic E-state index is -0.409. The van der Waals surface area contributed by atoms with Crippen molar-refractivity contribution in [1.82, 2.24) is 9.88 Å². The number of likely N-dealkylation sites (tertiary alicyclic amines) is 1. The number of nitrogens with zero attached hydrogens (tertiary/aromatic N) is 2.